The Morgan fingerprint density at radius 3 is 2.83 bits per heavy atom. The second kappa shape index (κ2) is 6.59. The van der Waals surface area contributed by atoms with Gasteiger partial charge in [0.2, 0.25) is 0 Å². The molecule has 0 atom stereocenters. The molecule has 3 heterocycles. The van der Waals surface area contributed by atoms with Crippen molar-refractivity contribution in [1.29, 1.82) is 0 Å². The van der Waals surface area contributed by atoms with Crippen LogP contribution < -0.4 is 4.90 Å². The highest BCUT2D eigenvalue weighted by molar-refractivity contribution is 5.96. The number of nitrogens with one attached hydrogen (secondary N) is 1. The van der Waals surface area contributed by atoms with E-state index >= 15 is 0 Å². The van der Waals surface area contributed by atoms with Crippen molar-refractivity contribution in [1.82, 2.24) is 9.97 Å². The molecule has 0 aliphatic carbocycles. The smallest absolute Gasteiger partial charge is 0.152 e. The number of hydrogen-bond donors (Lipinski definition) is 1. The number of anilines is 1. The summed E-state index contributed by atoms with van der Waals surface area (Å²) in [6, 6.07) is 2.10. The van der Waals surface area contributed by atoms with E-state index in [1.54, 1.807) is 6.08 Å². The van der Waals surface area contributed by atoms with Gasteiger partial charge in [-0.3, -0.25) is 9.59 Å². The van der Waals surface area contributed by atoms with Crippen molar-refractivity contribution >= 4 is 34.4 Å². The molecule has 1 aliphatic rings. The number of rotatable bonds is 6. The second-order valence-electron chi connectivity index (χ2n) is 6.87. The molecule has 2 aromatic rings. The zero-order valence-corrected chi connectivity index (χ0v) is 14.4. The van der Waals surface area contributed by atoms with Gasteiger partial charge in [-0.05, 0) is 25.1 Å². The number of carbonyl (C=O) groups excluding carboxylic acids is 2. The van der Waals surface area contributed by atoms with Crippen molar-refractivity contribution in [3.63, 3.8) is 0 Å². The van der Waals surface area contributed by atoms with Gasteiger partial charge < -0.3 is 9.88 Å². The highest BCUT2D eigenvalue weighted by Gasteiger charge is 2.29. The Kier molecular flexibility index (Phi) is 4.51. The van der Waals surface area contributed by atoms with E-state index in [4.69, 9.17) is 0 Å². The summed E-state index contributed by atoms with van der Waals surface area (Å²) in [4.78, 5) is 32.8. The third-order valence-electron chi connectivity index (χ3n) is 4.50. The largest absolute Gasteiger partial charge is 0.370 e. The average molecular weight is 325 g/mol. The van der Waals surface area contributed by atoms with Crippen molar-refractivity contribution in [2.75, 3.05) is 18.0 Å². The van der Waals surface area contributed by atoms with Crippen LogP contribution in [0.5, 0.6) is 0 Å². The molecule has 0 amide bonds. The Morgan fingerprint density at radius 2 is 2.17 bits per heavy atom. The minimum atomic E-state index is 0.0221. The van der Waals surface area contributed by atoms with E-state index in [0.29, 0.717) is 18.1 Å². The lowest BCUT2D eigenvalue weighted by Gasteiger charge is -2.41. The Labute approximate surface area is 141 Å². The zero-order valence-electron chi connectivity index (χ0n) is 14.4. The summed E-state index contributed by atoms with van der Waals surface area (Å²) >= 11 is 0. The maximum Gasteiger partial charge on any atom is 0.152 e. The molecule has 2 aromatic heterocycles. The Morgan fingerprint density at radius 1 is 1.42 bits per heavy atom. The van der Waals surface area contributed by atoms with Gasteiger partial charge in [0.15, 0.2) is 5.78 Å². The summed E-state index contributed by atoms with van der Waals surface area (Å²) in [7, 11) is 0. The van der Waals surface area contributed by atoms with Crippen LogP contribution in [-0.4, -0.2) is 34.6 Å². The predicted molar refractivity (Wildman–Crippen MR) is 96.0 cm³/mol. The number of nitrogens with zero attached hydrogens (tertiary/aromatic N) is 2. The maximum absolute atomic E-state index is 11.8. The van der Waals surface area contributed by atoms with Crippen molar-refractivity contribution in [3.05, 3.63) is 30.1 Å². The first-order valence-electron chi connectivity index (χ1n) is 8.37. The standard InChI is InChI=1S/C19H23N3O2/c1-12(2)18(24)6-14-10-22(11-14)16-7-17-15(5-4-13(3)23)8-20-19(17)21-9-16/h4-5,7-9,12,14H,6,10-11H2,1-3H3,(H,20,21)/b5-4+. The van der Waals surface area contributed by atoms with Gasteiger partial charge in [-0.1, -0.05) is 13.8 Å². The van der Waals surface area contributed by atoms with Gasteiger partial charge in [-0.15, -0.1) is 0 Å². The van der Waals surface area contributed by atoms with Crippen LogP contribution in [-0.2, 0) is 9.59 Å². The van der Waals surface area contributed by atoms with Crippen LogP contribution in [0.4, 0.5) is 5.69 Å². The number of aromatic nitrogens is 2. The third kappa shape index (κ3) is 3.40. The van der Waals surface area contributed by atoms with E-state index < -0.39 is 0 Å². The predicted octanol–water partition coefficient (Wildman–Crippen LogP) is 3.22. The molecule has 0 aromatic carbocycles. The average Bonchev–Trinajstić information content (AvgIpc) is 2.90. The number of allylic oxidation sites excluding steroid dienone is 1. The topological polar surface area (TPSA) is 66.1 Å². The van der Waals surface area contributed by atoms with E-state index in [-0.39, 0.29) is 11.7 Å². The van der Waals surface area contributed by atoms with E-state index in [9.17, 15) is 9.59 Å². The van der Waals surface area contributed by atoms with Crippen molar-refractivity contribution in [3.8, 4) is 0 Å². The number of hydrogen-bond acceptors (Lipinski definition) is 4. The van der Waals surface area contributed by atoms with Gasteiger partial charge in [0.05, 0.1) is 11.9 Å². The lowest BCUT2D eigenvalue weighted by molar-refractivity contribution is -0.123. The fourth-order valence-electron chi connectivity index (χ4n) is 2.96. The highest BCUT2D eigenvalue weighted by atomic mass is 16.1. The number of ketones is 2. The lowest BCUT2D eigenvalue weighted by Crippen LogP contribution is -2.47. The van der Waals surface area contributed by atoms with Crippen LogP contribution >= 0.6 is 0 Å². The Balaban J connectivity index is 1.72. The molecule has 0 radical (unpaired) electrons. The molecule has 3 rings (SSSR count). The molecule has 5 nitrogen and oxygen atoms in total. The third-order valence-corrected chi connectivity index (χ3v) is 4.50. The summed E-state index contributed by atoms with van der Waals surface area (Å²) in [5.41, 5.74) is 2.84. The van der Waals surface area contributed by atoms with Gasteiger partial charge in [0.1, 0.15) is 11.4 Å². The molecule has 1 aliphatic heterocycles. The number of carbonyl (C=O) groups is 2. The van der Waals surface area contributed by atoms with Gasteiger partial charge in [-0.25, -0.2) is 4.98 Å². The molecule has 5 heteroatoms. The van der Waals surface area contributed by atoms with Crippen LogP contribution in [0.1, 0.15) is 32.8 Å². The van der Waals surface area contributed by atoms with Crippen LogP contribution in [0, 0.1) is 11.8 Å². The van der Waals surface area contributed by atoms with Crippen LogP contribution in [0.2, 0.25) is 0 Å². The number of Topliss-reactive ketones (excluding diaryl/α,β-unsaturated/α-hetero) is 1. The molecular weight excluding hydrogens is 302 g/mol. The summed E-state index contributed by atoms with van der Waals surface area (Å²) in [6.07, 6.45) is 7.76. The number of pyridine rings is 1. The van der Waals surface area contributed by atoms with Gasteiger partial charge in [-0.2, -0.15) is 0 Å². The maximum atomic E-state index is 11.8. The van der Waals surface area contributed by atoms with Crippen molar-refractivity contribution in [2.24, 2.45) is 11.8 Å². The normalized spacial score (nSPS) is 15.4. The van der Waals surface area contributed by atoms with Crippen molar-refractivity contribution in [2.45, 2.75) is 27.2 Å². The first kappa shape index (κ1) is 16.4. The van der Waals surface area contributed by atoms with Crippen molar-refractivity contribution < 1.29 is 9.59 Å². The van der Waals surface area contributed by atoms with E-state index in [1.165, 1.54) is 6.92 Å². The second-order valence-corrected chi connectivity index (χ2v) is 6.87. The minimum absolute atomic E-state index is 0.0221. The van der Waals surface area contributed by atoms with E-state index in [2.05, 4.69) is 20.9 Å². The van der Waals surface area contributed by atoms with E-state index in [0.717, 1.165) is 35.4 Å². The minimum Gasteiger partial charge on any atom is -0.370 e. The summed E-state index contributed by atoms with van der Waals surface area (Å²) in [5, 5.41) is 1.01. The summed E-state index contributed by atoms with van der Waals surface area (Å²) in [5.74, 6) is 0.927. The number of fused-ring (bicyclic) bond motifs is 1. The van der Waals surface area contributed by atoms with Gasteiger partial charge >= 0.3 is 0 Å². The Bertz CT molecular complexity index is 798. The van der Waals surface area contributed by atoms with E-state index in [1.807, 2.05) is 32.3 Å². The molecule has 0 unspecified atom stereocenters. The summed E-state index contributed by atoms with van der Waals surface area (Å²) in [6.45, 7) is 7.24. The molecule has 0 bridgehead atoms. The first-order chi connectivity index (χ1) is 11.4. The van der Waals surface area contributed by atoms with Gasteiger partial charge in [0.25, 0.3) is 0 Å². The van der Waals surface area contributed by atoms with Crippen LogP contribution in [0.15, 0.2) is 24.5 Å². The van der Waals surface area contributed by atoms with Crippen LogP contribution in [0.25, 0.3) is 17.1 Å². The van der Waals surface area contributed by atoms with Gasteiger partial charge in [0, 0.05) is 48.5 Å². The molecule has 1 saturated heterocycles. The quantitative estimate of drug-likeness (QED) is 0.828. The van der Waals surface area contributed by atoms with Crippen LogP contribution in [0.3, 0.4) is 0 Å². The fourth-order valence-corrected chi connectivity index (χ4v) is 2.96. The monoisotopic (exact) mass is 325 g/mol. The molecule has 126 valence electrons. The SMILES string of the molecule is CC(=O)/C=C/c1c[nH]c2ncc(N3CC(CC(=O)C(C)C)C3)cc12. The first-order valence-corrected chi connectivity index (χ1v) is 8.37. The molecule has 0 spiro atoms. The molecular formula is C19H23N3O2. The fraction of sp³-hybridized carbons (Fsp3) is 0.421. The zero-order chi connectivity index (χ0) is 17.3. The number of H-pyrrole nitrogens is 1. The highest BCUT2D eigenvalue weighted by Crippen LogP contribution is 2.30. The molecule has 1 N–H and O–H groups in total. The molecule has 1 fully saturated rings. The number of aromatic amines is 1. The Hall–Kier alpha value is -2.43. The summed E-state index contributed by atoms with van der Waals surface area (Å²) < 4.78 is 0. The molecule has 0 saturated carbocycles. The lowest BCUT2D eigenvalue weighted by atomic mass is 9.90. The molecule has 24 heavy (non-hydrogen) atoms.